The lowest BCUT2D eigenvalue weighted by atomic mass is 10.3. The summed E-state index contributed by atoms with van der Waals surface area (Å²) in [6.45, 7) is 3.55. The van der Waals surface area contributed by atoms with Gasteiger partial charge in [-0.25, -0.2) is 0 Å². The van der Waals surface area contributed by atoms with Crippen LogP contribution in [0.1, 0.15) is 20.3 Å². The van der Waals surface area contributed by atoms with E-state index < -0.39 is 0 Å². The highest BCUT2D eigenvalue weighted by Gasteiger charge is 2.14. The van der Waals surface area contributed by atoms with Crippen LogP contribution in [0.5, 0.6) is 0 Å². The maximum absolute atomic E-state index is 11.4. The van der Waals surface area contributed by atoms with E-state index >= 15 is 0 Å². The van der Waals surface area contributed by atoms with Gasteiger partial charge in [0.25, 0.3) is 0 Å². The van der Waals surface area contributed by atoms with E-state index in [0.717, 1.165) is 0 Å². The summed E-state index contributed by atoms with van der Waals surface area (Å²) in [5.74, 6) is 0.0392. The fourth-order valence-corrected chi connectivity index (χ4v) is 1.13. The Morgan fingerprint density at radius 2 is 2.14 bits per heavy atom. The number of thiol groups is 1. The molecule has 0 atom stereocenters. The molecule has 0 radical (unpaired) electrons. The predicted molar refractivity (Wildman–Crippen MR) is 59.2 cm³/mol. The first-order valence-electron chi connectivity index (χ1n) is 4.40. The smallest absolute Gasteiger partial charge is 0.233 e. The minimum absolute atomic E-state index is 0.206. The van der Waals surface area contributed by atoms with Crippen molar-refractivity contribution in [2.75, 3.05) is 12.3 Å². The van der Waals surface area contributed by atoms with Crippen LogP contribution < -0.4 is 0 Å². The zero-order valence-electron chi connectivity index (χ0n) is 8.49. The molecule has 0 N–H and O–H groups in total. The number of amides is 2. The maximum atomic E-state index is 11.4. The van der Waals surface area contributed by atoms with Gasteiger partial charge in [-0.15, -0.1) is 5.73 Å². The Bertz CT molecular complexity index is 267. The van der Waals surface area contributed by atoms with Crippen molar-refractivity contribution in [3.05, 3.63) is 17.9 Å². The van der Waals surface area contributed by atoms with E-state index in [9.17, 15) is 9.59 Å². The molecule has 0 spiro atoms. The van der Waals surface area contributed by atoms with Gasteiger partial charge >= 0.3 is 0 Å². The van der Waals surface area contributed by atoms with Gasteiger partial charge in [0.2, 0.25) is 11.8 Å². The molecule has 2 amide bonds. The van der Waals surface area contributed by atoms with E-state index in [4.69, 9.17) is 0 Å². The van der Waals surface area contributed by atoms with Crippen molar-refractivity contribution in [1.82, 2.24) is 4.90 Å². The number of hydrogen-bond donors (Lipinski definition) is 1. The molecule has 0 saturated carbocycles. The summed E-state index contributed by atoms with van der Waals surface area (Å²) in [4.78, 5) is 23.7. The molecule has 0 aromatic carbocycles. The lowest BCUT2D eigenvalue weighted by Crippen LogP contribution is -2.36. The second kappa shape index (κ2) is 7.42. The van der Waals surface area contributed by atoms with Gasteiger partial charge in [-0.2, -0.15) is 12.6 Å². The van der Waals surface area contributed by atoms with Crippen LogP contribution in [0.25, 0.3) is 0 Å². The molecule has 0 rings (SSSR count). The standard InChI is InChI=1S/C10H15NO2S/c1-3-4-5-6-10(13)11(7-8-14)9(2)12/h3,5,14H,6-8H2,1-2H3. The summed E-state index contributed by atoms with van der Waals surface area (Å²) < 4.78 is 0. The second-order valence-corrected chi connectivity index (χ2v) is 3.10. The minimum Gasteiger partial charge on any atom is -0.282 e. The van der Waals surface area contributed by atoms with Crippen LogP contribution in [0, 0.1) is 0 Å². The molecule has 0 fully saturated rings. The molecule has 0 aromatic rings. The number of carbonyl (C=O) groups excluding carboxylic acids is 2. The molecule has 0 bridgehead atoms. The summed E-state index contributed by atoms with van der Waals surface area (Å²) in [6, 6.07) is 0. The number of nitrogens with zero attached hydrogens (tertiary/aromatic N) is 1. The van der Waals surface area contributed by atoms with Gasteiger partial charge in [-0.1, -0.05) is 0 Å². The van der Waals surface area contributed by atoms with E-state index in [1.165, 1.54) is 11.8 Å². The highest BCUT2D eigenvalue weighted by atomic mass is 32.1. The number of hydrogen-bond acceptors (Lipinski definition) is 3. The van der Waals surface area contributed by atoms with Crippen molar-refractivity contribution >= 4 is 24.4 Å². The molecular formula is C10H15NO2S. The molecule has 14 heavy (non-hydrogen) atoms. The lowest BCUT2D eigenvalue weighted by Gasteiger charge is -2.16. The molecule has 0 aliphatic rings. The molecule has 0 heterocycles. The highest BCUT2D eigenvalue weighted by molar-refractivity contribution is 7.80. The predicted octanol–water partition coefficient (Wildman–Crippen LogP) is 1.41. The van der Waals surface area contributed by atoms with Crippen molar-refractivity contribution in [3.63, 3.8) is 0 Å². The van der Waals surface area contributed by atoms with Gasteiger partial charge in [0, 0.05) is 19.2 Å². The van der Waals surface area contributed by atoms with Gasteiger partial charge in [-0.3, -0.25) is 14.5 Å². The Kier molecular flexibility index (Phi) is 6.89. The van der Waals surface area contributed by atoms with E-state index in [0.29, 0.717) is 12.3 Å². The first-order chi connectivity index (χ1) is 6.63. The van der Waals surface area contributed by atoms with Crippen LogP contribution in [0.2, 0.25) is 0 Å². The Morgan fingerprint density at radius 1 is 1.50 bits per heavy atom. The van der Waals surface area contributed by atoms with Crippen molar-refractivity contribution in [2.45, 2.75) is 20.3 Å². The summed E-state index contributed by atoms with van der Waals surface area (Å²) in [5.41, 5.74) is 2.79. The SMILES string of the molecule is CC=C=CCC(=O)N(CCS)C(C)=O. The molecule has 0 aromatic heterocycles. The molecule has 0 aliphatic carbocycles. The zero-order valence-corrected chi connectivity index (χ0v) is 9.38. The van der Waals surface area contributed by atoms with E-state index in [2.05, 4.69) is 18.4 Å². The maximum Gasteiger partial charge on any atom is 0.233 e. The van der Waals surface area contributed by atoms with Crippen LogP contribution >= 0.6 is 12.6 Å². The Hall–Kier alpha value is -0.990. The number of rotatable bonds is 4. The summed E-state index contributed by atoms with van der Waals surface area (Å²) >= 11 is 3.98. The minimum atomic E-state index is -0.238. The Morgan fingerprint density at radius 3 is 2.57 bits per heavy atom. The van der Waals surface area contributed by atoms with Gasteiger partial charge < -0.3 is 0 Å². The average Bonchev–Trinajstić information content (AvgIpc) is 2.13. The van der Waals surface area contributed by atoms with Gasteiger partial charge in [0.15, 0.2) is 0 Å². The van der Waals surface area contributed by atoms with E-state index in [1.807, 2.05) is 6.92 Å². The van der Waals surface area contributed by atoms with E-state index in [-0.39, 0.29) is 18.2 Å². The summed E-state index contributed by atoms with van der Waals surface area (Å²) in [7, 11) is 0. The molecule has 0 aliphatic heterocycles. The highest BCUT2D eigenvalue weighted by Crippen LogP contribution is 1.97. The molecule has 0 saturated heterocycles. The van der Waals surface area contributed by atoms with Gasteiger partial charge in [0.1, 0.15) is 0 Å². The van der Waals surface area contributed by atoms with Crippen molar-refractivity contribution in [3.8, 4) is 0 Å². The molecular weight excluding hydrogens is 198 g/mol. The molecule has 4 heteroatoms. The van der Waals surface area contributed by atoms with Crippen LogP contribution in [0.3, 0.4) is 0 Å². The van der Waals surface area contributed by atoms with Crippen molar-refractivity contribution < 1.29 is 9.59 Å². The van der Waals surface area contributed by atoms with Crippen LogP contribution in [-0.2, 0) is 9.59 Å². The first-order valence-corrected chi connectivity index (χ1v) is 5.04. The monoisotopic (exact) mass is 213 g/mol. The van der Waals surface area contributed by atoms with Crippen molar-refractivity contribution in [1.29, 1.82) is 0 Å². The third-order valence-electron chi connectivity index (χ3n) is 1.57. The molecule has 78 valence electrons. The fraction of sp³-hybridized carbons (Fsp3) is 0.500. The van der Waals surface area contributed by atoms with Crippen LogP contribution in [-0.4, -0.2) is 29.0 Å². The van der Waals surface area contributed by atoms with Gasteiger partial charge in [0.05, 0.1) is 6.42 Å². The van der Waals surface area contributed by atoms with Crippen molar-refractivity contribution in [2.24, 2.45) is 0 Å². The average molecular weight is 213 g/mol. The van der Waals surface area contributed by atoms with Crippen LogP contribution in [0.15, 0.2) is 17.9 Å². The molecule has 3 nitrogen and oxygen atoms in total. The van der Waals surface area contributed by atoms with Gasteiger partial charge in [-0.05, 0) is 19.1 Å². The van der Waals surface area contributed by atoms with Crippen LogP contribution in [0.4, 0.5) is 0 Å². The second-order valence-electron chi connectivity index (χ2n) is 2.65. The Labute approximate surface area is 89.9 Å². The number of imide groups is 1. The zero-order chi connectivity index (χ0) is 11.0. The summed E-state index contributed by atoms with van der Waals surface area (Å²) in [5, 5.41) is 0. The normalized spacial score (nSPS) is 8.79. The third-order valence-corrected chi connectivity index (χ3v) is 1.77. The largest absolute Gasteiger partial charge is 0.282 e. The lowest BCUT2D eigenvalue weighted by molar-refractivity contribution is -0.142. The number of carbonyl (C=O) groups is 2. The fourth-order valence-electron chi connectivity index (χ4n) is 0.932. The first kappa shape index (κ1) is 13.0. The Balaban J connectivity index is 4.29. The quantitative estimate of drug-likeness (QED) is 0.566. The van der Waals surface area contributed by atoms with E-state index in [1.54, 1.807) is 12.2 Å². The topological polar surface area (TPSA) is 37.4 Å². The molecule has 0 unspecified atom stereocenters. The third kappa shape index (κ3) is 4.90. The summed E-state index contributed by atoms with van der Waals surface area (Å²) in [6.07, 6.45) is 3.53.